The van der Waals surface area contributed by atoms with Gasteiger partial charge in [-0.3, -0.25) is 0 Å². The normalized spacial score (nSPS) is 14.7. The standard InChI is InChI=1S/C15H19N/c1-4-15(2,13-9-6-5-7-10-13)14-11-8-12-16(14)3/h5-12H,4H2,1-3H3. The third kappa shape index (κ3) is 1.67. The monoisotopic (exact) mass is 213 g/mol. The first-order valence-electron chi connectivity index (χ1n) is 5.86. The Morgan fingerprint density at radius 3 is 2.25 bits per heavy atom. The third-order valence-electron chi connectivity index (χ3n) is 3.63. The van der Waals surface area contributed by atoms with Crippen molar-refractivity contribution in [3.8, 4) is 0 Å². The van der Waals surface area contributed by atoms with Gasteiger partial charge in [-0.2, -0.15) is 0 Å². The molecule has 0 N–H and O–H groups in total. The Labute approximate surface area is 97.7 Å². The number of hydrogen-bond acceptors (Lipinski definition) is 0. The van der Waals surface area contributed by atoms with Crippen LogP contribution in [-0.4, -0.2) is 4.57 Å². The summed E-state index contributed by atoms with van der Waals surface area (Å²) < 4.78 is 2.22. The molecule has 0 saturated carbocycles. The van der Waals surface area contributed by atoms with Crippen LogP contribution < -0.4 is 0 Å². The van der Waals surface area contributed by atoms with Crippen molar-refractivity contribution in [2.24, 2.45) is 7.05 Å². The van der Waals surface area contributed by atoms with Crippen molar-refractivity contribution in [3.05, 3.63) is 59.9 Å². The van der Waals surface area contributed by atoms with Crippen LogP contribution in [0.4, 0.5) is 0 Å². The minimum Gasteiger partial charge on any atom is -0.354 e. The van der Waals surface area contributed by atoms with Crippen LogP contribution in [0.25, 0.3) is 0 Å². The number of rotatable bonds is 3. The van der Waals surface area contributed by atoms with Gasteiger partial charge >= 0.3 is 0 Å². The van der Waals surface area contributed by atoms with Gasteiger partial charge in [-0.1, -0.05) is 37.3 Å². The highest BCUT2D eigenvalue weighted by Crippen LogP contribution is 2.34. The van der Waals surface area contributed by atoms with Crippen LogP contribution in [0.3, 0.4) is 0 Å². The molecule has 0 aliphatic carbocycles. The Morgan fingerprint density at radius 1 is 1.06 bits per heavy atom. The van der Waals surface area contributed by atoms with E-state index in [1.54, 1.807) is 0 Å². The average Bonchev–Trinajstić information content (AvgIpc) is 2.76. The molecule has 16 heavy (non-hydrogen) atoms. The fraction of sp³-hybridized carbons (Fsp3) is 0.333. The second-order valence-corrected chi connectivity index (χ2v) is 4.56. The molecular weight excluding hydrogens is 194 g/mol. The predicted octanol–water partition coefficient (Wildman–Crippen LogP) is 3.74. The molecule has 0 aliphatic rings. The van der Waals surface area contributed by atoms with E-state index < -0.39 is 0 Å². The van der Waals surface area contributed by atoms with Gasteiger partial charge in [0, 0.05) is 24.4 Å². The van der Waals surface area contributed by atoms with Gasteiger partial charge in [0.05, 0.1) is 0 Å². The summed E-state index contributed by atoms with van der Waals surface area (Å²) in [6.45, 7) is 4.57. The van der Waals surface area contributed by atoms with Crippen LogP contribution in [0.2, 0.25) is 0 Å². The van der Waals surface area contributed by atoms with E-state index in [2.05, 4.69) is 74.1 Å². The lowest BCUT2D eigenvalue weighted by Gasteiger charge is -2.30. The molecule has 1 nitrogen and oxygen atoms in total. The van der Waals surface area contributed by atoms with E-state index in [9.17, 15) is 0 Å². The molecule has 0 fully saturated rings. The molecule has 1 heteroatoms. The summed E-state index contributed by atoms with van der Waals surface area (Å²) in [4.78, 5) is 0. The second kappa shape index (κ2) is 4.17. The van der Waals surface area contributed by atoms with Gasteiger partial charge in [0.1, 0.15) is 0 Å². The largest absolute Gasteiger partial charge is 0.354 e. The average molecular weight is 213 g/mol. The third-order valence-corrected chi connectivity index (χ3v) is 3.63. The summed E-state index contributed by atoms with van der Waals surface area (Å²) in [6.07, 6.45) is 3.22. The Kier molecular flexibility index (Phi) is 2.86. The highest BCUT2D eigenvalue weighted by Gasteiger charge is 2.28. The van der Waals surface area contributed by atoms with Crippen LogP contribution in [0, 0.1) is 0 Å². The van der Waals surface area contributed by atoms with E-state index in [0.29, 0.717) is 0 Å². The minimum absolute atomic E-state index is 0.111. The highest BCUT2D eigenvalue weighted by molar-refractivity contribution is 5.35. The van der Waals surface area contributed by atoms with Gasteiger partial charge in [-0.05, 0) is 31.0 Å². The summed E-state index contributed by atoms with van der Waals surface area (Å²) in [7, 11) is 2.12. The molecule has 2 rings (SSSR count). The fourth-order valence-electron chi connectivity index (χ4n) is 2.37. The van der Waals surface area contributed by atoms with Crippen molar-refractivity contribution < 1.29 is 0 Å². The Hall–Kier alpha value is -1.50. The van der Waals surface area contributed by atoms with Crippen LogP contribution in [0.15, 0.2) is 48.7 Å². The first-order valence-corrected chi connectivity index (χ1v) is 5.86. The maximum absolute atomic E-state index is 2.32. The van der Waals surface area contributed by atoms with E-state index in [4.69, 9.17) is 0 Å². The summed E-state index contributed by atoms with van der Waals surface area (Å²) >= 11 is 0. The van der Waals surface area contributed by atoms with Crippen LogP contribution in [-0.2, 0) is 12.5 Å². The molecule has 0 saturated heterocycles. The van der Waals surface area contributed by atoms with Crippen molar-refractivity contribution in [1.29, 1.82) is 0 Å². The fourth-order valence-corrected chi connectivity index (χ4v) is 2.37. The van der Waals surface area contributed by atoms with Crippen molar-refractivity contribution in [3.63, 3.8) is 0 Å². The zero-order chi connectivity index (χ0) is 11.6. The quantitative estimate of drug-likeness (QED) is 0.732. The lowest BCUT2D eigenvalue weighted by atomic mass is 9.77. The van der Waals surface area contributed by atoms with E-state index >= 15 is 0 Å². The minimum atomic E-state index is 0.111. The molecule has 1 atom stereocenters. The van der Waals surface area contributed by atoms with Gasteiger partial charge in [-0.15, -0.1) is 0 Å². The number of aryl methyl sites for hydroxylation is 1. The highest BCUT2D eigenvalue weighted by atomic mass is 14.9. The van der Waals surface area contributed by atoms with Crippen molar-refractivity contribution in [1.82, 2.24) is 4.57 Å². The van der Waals surface area contributed by atoms with E-state index in [1.165, 1.54) is 11.3 Å². The van der Waals surface area contributed by atoms with Crippen LogP contribution in [0.5, 0.6) is 0 Å². The molecular formula is C15H19N. The van der Waals surface area contributed by atoms with Crippen LogP contribution in [0.1, 0.15) is 31.5 Å². The van der Waals surface area contributed by atoms with Gasteiger partial charge in [-0.25, -0.2) is 0 Å². The topological polar surface area (TPSA) is 4.93 Å². The number of benzene rings is 1. The molecule has 1 aromatic heterocycles. The second-order valence-electron chi connectivity index (χ2n) is 4.56. The Balaban J connectivity index is 2.53. The number of nitrogens with zero attached hydrogens (tertiary/aromatic N) is 1. The van der Waals surface area contributed by atoms with Gasteiger partial charge in [0.15, 0.2) is 0 Å². The summed E-state index contributed by atoms with van der Waals surface area (Å²) in [6, 6.07) is 15.1. The molecule has 0 spiro atoms. The smallest absolute Gasteiger partial charge is 0.0324 e. The van der Waals surface area contributed by atoms with Crippen molar-refractivity contribution in [2.75, 3.05) is 0 Å². The Bertz CT molecular complexity index is 455. The van der Waals surface area contributed by atoms with Gasteiger partial charge in [0.25, 0.3) is 0 Å². The summed E-state index contributed by atoms with van der Waals surface area (Å²) in [5.74, 6) is 0. The molecule has 1 aromatic carbocycles. The maximum Gasteiger partial charge on any atom is 0.0324 e. The van der Waals surface area contributed by atoms with Gasteiger partial charge in [0.2, 0.25) is 0 Å². The zero-order valence-corrected chi connectivity index (χ0v) is 10.3. The van der Waals surface area contributed by atoms with E-state index in [-0.39, 0.29) is 5.41 Å². The number of aromatic nitrogens is 1. The first kappa shape index (κ1) is 11.0. The van der Waals surface area contributed by atoms with Crippen molar-refractivity contribution >= 4 is 0 Å². The number of hydrogen-bond donors (Lipinski definition) is 0. The molecule has 0 aliphatic heterocycles. The van der Waals surface area contributed by atoms with Crippen LogP contribution >= 0.6 is 0 Å². The lowest BCUT2D eigenvalue weighted by Crippen LogP contribution is -2.25. The SMILES string of the molecule is CCC(C)(c1ccccc1)c1cccn1C. The predicted molar refractivity (Wildman–Crippen MR) is 68.6 cm³/mol. The maximum atomic E-state index is 2.32. The molecule has 0 radical (unpaired) electrons. The molecule has 84 valence electrons. The molecule has 1 heterocycles. The lowest BCUT2D eigenvalue weighted by molar-refractivity contribution is 0.512. The molecule has 0 amide bonds. The molecule has 1 unspecified atom stereocenters. The Morgan fingerprint density at radius 2 is 1.75 bits per heavy atom. The molecule has 0 bridgehead atoms. The van der Waals surface area contributed by atoms with Gasteiger partial charge < -0.3 is 4.57 Å². The first-order chi connectivity index (χ1) is 7.68. The summed E-state index contributed by atoms with van der Waals surface area (Å²) in [5.41, 5.74) is 2.87. The van der Waals surface area contributed by atoms with E-state index in [0.717, 1.165) is 6.42 Å². The van der Waals surface area contributed by atoms with Crippen molar-refractivity contribution in [2.45, 2.75) is 25.7 Å². The molecule has 2 aromatic rings. The van der Waals surface area contributed by atoms with E-state index in [1.807, 2.05) is 0 Å². The zero-order valence-electron chi connectivity index (χ0n) is 10.3. The summed E-state index contributed by atoms with van der Waals surface area (Å²) in [5, 5.41) is 0.